The lowest BCUT2D eigenvalue weighted by atomic mass is 10.3. The minimum atomic E-state index is -0.151. The van der Waals surface area contributed by atoms with Crippen molar-refractivity contribution >= 4 is 29.3 Å². The maximum Gasteiger partial charge on any atom is 0.305 e. The summed E-state index contributed by atoms with van der Waals surface area (Å²) in [6.07, 6.45) is 1.30. The Morgan fingerprint density at radius 2 is 2.33 bits per heavy atom. The SMILES string of the molecule is COC(=O)CCCSc1cccc(Cl)c1. The monoisotopic (exact) mass is 244 g/mol. The van der Waals surface area contributed by atoms with E-state index in [0.29, 0.717) is 6.42 Å². The fourth-order valence-electron chi connectivity index (χ4n) is 1.07. The van der Waals surface area contributed by atoms with Gasteiger partial charge in [0.1, 0.15) is 0 Å². The molecule has 2 nitrogen and oxygen atoms in total. The van der Waals surface area contributed by atoms with Gasteiger partial charge in [0.2, 0.25) is 0 Å². The van der Waals surface area contributed by atoms with Crippen molar-refractivity contribution in [3.63, 3.8) is 0 Å². The van der Waals surface area contributed by atoms with Crippen LogP contribution in [0.4, 0.5) is 0 Å². The zero-order valence-electron chi connectivity index (χ0n) is 8.53. The van der Waals surface area contributed by atoms with Crippen molar-refractivity contribution in [2.75, 3.05) is 12.9 Å². The molecule has 0 radical (unpaired) electrons. The van der Waals surface area contributed by atoms with Crippen LogP contribution in [0.3, 0.4) is 0 Å². The van der Waals surface area contributed by atoms with Gasteiger partial charge >= 0.3 is 5.97 Å². The third-order valence-electron chi connectivity index (χ3n) is 1.82. The van der Waals surface area contributed by atoms with E-state index in [0.717, 1.165) is 22.1 Å². The number of rotatable bonds is 5. The number of hydrogen-bond acceptors (Lipinski definition) is 3. The summed E-state index contributed by atoms with van der Waals surface area (Å²) in [5.74, 6) is 0.747. The second kappa shape index (κ2) is 6.75. The molecule has 0 aliphatic rings. The zero-order chi connectivity index (χ0) is 11.1. The summed E-state index contributed by atoms with van der Waals surface area (Å²) in [7, 11) is 1.41. The number of ether oxygens (including phenoxy) is 1. The highest BCUT2D eigenvalue weighted by Crippen LogP contribution is 2.22. The molecule has 1 rings (SSSR count). The van der Waals surface area contributed by atoms with Crippen LogP contribution < -0.4 is 0 Å². The quantitative estimate of drug-likeness (QED) is 0.451. The predicted molar refractivity (Wildman–Crippen MR) is 63.4 cm³/mol. The Balaban J connectivity index is 2.23. The number of carbonyl (C=O) groups excluding carboxylic acids is 1. The van der Waals surface area contributed by atoms with Crippen LogP contribution in [0.1, 0.15) is 12.8 Å². The lowest BCUT2D eigenvalue weighted by molar-refractivity contribution is -0.140. The molecule has 0 N–H and O–H groups in total. The van der Waals surface area contributed by atoms with E-state index in [-0.39, 0.29) is 5.97 Å². The molecule has 0 heterocycles. The number of methoxy groups -OCH3 is 1. The molecule has 15 heavy (non-hydrogen) atoms. The summed E-state index contributed by atoms with van der Waals surface area (Å²) in [6, 6.07) is 7.70. The summed E-state index contributed by atoms with van der Waals surface area (Å²) < 4.78 is 4.55. The van der Waals surface area contributed by atoms with Crippen LogP contribution in [0.15, 0.2) is 29.2 Å². The van der Waals surface area contributed by atoms with Gasteiger partial charge in [-0.25, -0.2) is 0 Å². The fraction of sp³-hybridized carbons (Fsp3) is 0.364. The van der Waals surface area contributed by atoms with Crippen LogP contribution >= 0.6 is 23.4 Å². The standard InChI is InChI=1S/C11H13ClO2S/c1-14-11(13)6-3-7-15-10-5-2-4-9(12)8-10/h2,4-5,8H,3,6-7H2,1H3. The van der Waals surface area contributed by atoms with Crippen LogP contribution in [-0.2, 0) is 9.53 Å². The van der Waals surface area contributed by atoms with Crippen LogP contribution in [-0.4, -0.2) is 18.8 Å². The molecule has 82 valence electrons. The molecule has 0 atom stereocenters. The number of benzene rings is 1. The Kier molecular flexibility index (Phi) is 5.58. The van der Waals surface area contributed by atoms with Gasteiger partial charge in [0.05, 0.1) is 7.11 Å². The molecule has 0 spiro atoms. The molecule has 1 aromatic rings. The minimum Gasteiger partial charge on any atom is -0.469 e. The highest BCUT2D eigenvalue weighted by atomic mass is 35.5. The van der Waals surface area contributed by atoms with Gasteiger partial charge in [-0.3, -0.25) is 4.79 Å². The number of carbonyl (C=O) groups is 1. The first kappa shape index (κ1) is 12.4. The Bertz CT molecular complexity index is 328. The molecule has 0 aromatic heterocycles. The number of esters is 1. The molecule has 0 amide bonds. The van der Waals surface area contributed by atoms with E-state index < -0.39 is 0 Å². The first-order valence-electron chi connectivity index (χ1n) is 4.67. The van der Waals surface area contributed by atoms with E-state index in [1.807, 2.05) is 24.3 Å². The third kappa shape index (κ3) is 5.09. The van der Waals surface area contributed by atoms with E-state index in [9.17, 15) is 4.79 Å². The smallest absolute Gasteiger partial charge is 0.305 e. The van der Waals surface area contributed by atoms with Crippen LogP contribution in [0.5, 0.6) is 0 Å². The summed E-state index contributed by atoms with van der Waals surface area (Å²) in [6.45, 7) is 0. The Morgan fingerprint density at radius 1 is 1.53 bits per heavy atom. The van der Waals surface area contributed by atoms with Gasteiger partial charge in [-0.2, -0.15) is 0 Å². The molecular weight excluding hydrogens is 232 g/mol. The van der Waals surface area contributed by atoms with Crippen LogP contribution in [0, 0.1) is 0 Å². The van der Waals surface area contributed by atoms with Crippen molar-refractivity contribution in [3.8, 4) is 0 Å². The van der Waals surface area contributed by atoms with E-state index in [1.54, 1.807) is 11.8 Å². The molecule has 0 aliphatic carbocycles. The normalized spacial score (nSPS) is 10.0. The summed E-state index contributed by atoms with van der Waals surface area (Å²) in [4.78, 5) is 12.0. The van der Waals surface area contributed by atoms with Gasteiger partial charge in [-0.15, -0.1) is 11.8 Å². The molecule has 0 fully saturated rings. The van der Waals surface area contributed by atoms with Gasteiger partial charge in [0.15, 0.2) is 0 Å². The van der Waals surface area contributed by atoms with Gasteiger partial charge in [0, 0.05) is 16.3 Å². The summed E-state index contributed by atoms with van der Waals surface area (Å²) >= 11 is 7.54. The molecule has 1 aromatic carbocycles. The molecule has 4 heteroatoms. The van der Waals surface area contributed by atoms with Gasteiger partial charge in [-0.05, 0) is 30.4 Å². The first-order chi connectivity index (χ1) is 7.22. The third-order valence-corrected chi connectivity index (χ3v) is 3.13. The predicted octanol–water partition coefficient (Wildman–Crippen LogP) is 3.39. The van der Waals surface area contributed by atoms with Crippen LogP contribution in [0.25, 0.3) is 0 Å². The maximum absolute atomic E-state index is 10.8. The van der Waals surface area contributed by atoms with Crippen molar-refractivity contribution in [2.45, 2.75) is 17.7 Å². The van der Waals surface area contributed by atoms with Crippen molar-refractivity contribution in [2.24, 2.45) is 0 Å². The van der Waals surface area contributed by atoms with E-state index in [4.69, 9.17) is 11.6 Å². The van der Waals surface area contributed by atoms with E-state index >= 15 is 0 Å². The second-order valence-electron chi connectivity index (χ2n) is 2.99. The molecule has 0 aliphatic heterocycles. The van der Waals surface area contributed by atoms with Gasteiger partial charge in [0.25, 0.3) is 0 Å². The average Bonchev–Trinajstić information content (AvgIpc) is 2.24. The van der Waals surface area contributed by atoms with Crippen molar-refractivity contribution < 1.29 is 9.53 Å². The van der Waals surface area contributed by atoms with E-state index in [2.05, 4.69) is 4.74 Å². The van der Waals surface area contributed by atoms with Gasteiger partial charge in [-0.1, -0.05) is 17.7 Å². The molecule has 0 unspecified atom stereocenters. The number of hydrogen-bond donors (Lipinski definition) is 0. The lowest BCUT2D eigenvalue weighted by Gasteiger charge is -2.01. The molecule has 0 bridgehead atoms. The van der Waals surface area contributed by atoms with E-state index in [1.165, 1.54) is 7.11 Å². The number of thioether (sulfide) groups is 1. The average molecular weight is 245 g/mol. The Labute approximate surface area is 99.0 Å². The Hall–Kier alpha value is -0.670. The molecular formula is C11H13ClO2S. The van der Waals surface area contributed by atoms with Crippen molar-refractivity contribution in [3.05, 3.63) is 29.3 Å². The fourth-order valence-corrected chi connectivity index (χ4v) is 2.23. The highest BCUT2D eigenvalue weighted by Gasteiger charge is 2.00. The lowest BCUT2D eigenvalue weighted by Crippen LogP contribution is -1.99. The largest absolute Gasteiger partial charge is 0.469 e. The van der Waals surface area contributed by atoms with Crippen LogP contribution in [0.2, 0.25) is 5.02 Å². The van der Waals surface area contributed by atoms with Crippen molar-refractivity contribution in [1.29, 1.82) is 0 Å². The van der Waals surface area contributed by atoms with Gasteiger partial charge < -0.3 is 4.74 Å². The highest BCUT2D eigenvalue weighted by molar-refractivity contribution is 7.99. The second-order valence-corrected chi connectivity index (χ2v) is 4.59. The zero-order valence-corrected chi connectivity index (χ0v) is 10.1. The molecule has 0 saturated carbocycles. The topological polar surface area (TPSA) is 26.3 Å². The number of halogens is 1. The minimum absolute atomic E-state index is 0.151. The maximum atomic E-state index is 10.8. The van der Waals surface area contributed by atoms with Crippen molar-refractivity contribution in [1.82, 2.24) is 0 Å². The first-order valence-corrected chi connectivity index (χ1v) is 6.04. The Morgan fingerprint density at radius 3 is 3.00 bits per heavy atom. The summed E-state index contributed by atoms with van der Waals surface area (Å²) in [5.41, 5.74) is 0. The summed E-state index contributed by atoms with van der Waals surface area (Å²) in [5, 5.41) is 0.743. The molecule has 0 saturated heterocycles.